The molecule has 1 aliphatic rings. The van der Waals surface area contributed by atoms with E-state index in [1.54, 1.807) is 0 Å². The monoisotopic (exact) mass is 400 g/mol. The molecule has 3 aromatic rings. The second-order valence-electron chi connectivity index (χ2n) is 6.89. The van der Waals surface area contributed by atoms with Gasteiger partial charge in [-0.2, -0.15) is 0 Å². The summed E-state index contributed by atoms with van der Waals surface area (Å²) in [5.41, 5.74) is 2.53. The third kappa shape index (κ3) is 3.28. The van der Waals surface area contributed by atoms with Gasteiger partial charge < -0.3 is 10.2 Å². The fraction of sp³-hybridized carbons (Fsp3) is 0.350. The molecule has 0 spiro atoms. The van der Waals surface area contributed by atoms with Crippen molar-refractivity contribution in [3.8, 4) is 0 Å². The number of nitrogens with one attached hydrogen (secondary N) is 1. The first kappa shape index (κ1) is 18.2. The molecule has 4 rings (SSSR count). The van der Waals surface area contributed by atoms with Crippen molar-refractivity contribution < 1.29 is 4.79 Å². The minimum atomic E-state index is -0.133. The molecule has 1 aromatic carbocycles. The summed E-state index contributed by atoms with van der Waals surface area (Å²) in [6.45, 7) is 7.80. The van der Waals surface area contributed by atoms with Gasteiger partial charge in [-0.15, -0.1) is 11.3 Å². The molecule has 0 unspecified atom stereocenters. The van der Waals surface area contributed by atoms with Crippen molar-refractivity contribution in [3.63, 3.8) is 0 Å². The molecule has 1 N–H and O–H groups in total. The average molecular weight is 401 g/mol. The Morgan fingerprint density at radius 3 is 2.63 bits per heavy atom. The SMILES string of the molecule is Cc1nc(N2CCCC2)c2c(C)c(C(=O)Nc3cccc(Cl)c3C)sc2n1. The summed E-state index contributed by atoms with van der Waals surface area (Å²) in [5.74, 6) is 1.57. The molecule has 1 aliphatic heterocycles. The second kappa shape index (κ2) is 7.09. The van der Waals surface area contributed by atoms with E-state index in [4.69, 9.17) is 16.6 Å². The molecule has 0 bridgehead atoms. The Hall–Kier alpha value is -2.18. The molecule has 1 saturated heterocycles. The highest BCUT2D eigenvalue weighted by Gasteiger charge is 2.24. The highest BCUT2D eigenvalue weighted by atomic mass is 35.5. The number of nitrogens with zero attached hydrogens (tertiary/aromatic N) is 3. The average Bonchev–Trinajstić information content (AvgIpc) is 3.27. The first-order chi connectivity index (χ1) is 13.0. The molecule has 2 aromatic heterocycles. The van der Waals surface area contributed by atoms with Gasteiger partial charge >= 0.3 is 0 Å². The zero-order valence-corrected chi connectivity index (χ0v) is 17.2. The van der Waals surface area contributed by atoms with E-state index < -0.39 is 0 Å². The first-order valence-electron chi connectivity index (χ1n) is 9.05. The molecule has 7 heteroatoms. The Morgan fingerprint density at radius 2 is 1.89 bits per heavy atom. The molecule has 0 radical (unpaired) electrons. The number of amides is 1. The van der Waals surface area contributed by atoms with Gasteiger partial charge in [0.25, 0.3) is 5.91 Å². The fourth-order valence-corrected chi connectivity index (χ4v) is 4.81. The number of benzene rings is 1. The Bertz CT molecular complexity index is 1040. The summed E-state index contributed by atoms with van der Waals surface area (Å²) < 4.78 is 0. The molecule has 3 heterocycles. The molecule has 140 valence electrons. The lowest BCUT2D eigenvalue weighted by atomic mass is 10.1. The van der Waals surface area contributed by atoms with E-state index in [2.05, 4.69) is 15.2 Å². The van der Waals surface area contributed by atoms with Crippen LogP contribution in [0.2, 0.25) is 5.02 Å². The molecular formula is C20H21ClN4OS. The number of anilines is 2. The number of aromatic nitrogens is 2. The predicted octanol–water partition coefficient (Wildman–Crippen LogP) is 5.12. The Morgan fingerprint density at radius 1 is 1.15 bits per heavy atom. The van der Waals surface area contributed by atoms with Gasteiger partial charge in [-0.25, -0.2) is 9.97 Å². The topological polar surface area (TPSA) is 58.1 Å². The van der Waals surface area contributed by atoms with Crippen LogP contribution in [0.1, 0.15) is 39.5 Å². The number of rotatable bonds is 3. The smallest absolute Gasteiger partial charge is 0.266 e. The van der Waals surface area contributed by atoms with Gasteiger partial charge in [-0.3, -0.25) is 4.79 Å². The van der Waals surface area contributed by atoms with E-state index in [-0.39, 0.29) is 5.91 Å². The molecule has 27 heavy (non-hydrogen) atoms. The van der Waals surface area contributed by atoms with Crippen molar-refractivity contribution in [1.29, 1.82) is 0 Å². The quantitative estimate of drug-likeness (QED) is 0.662. The highest BCUT2D eigenvalue weighted by molar-refractivity contribution is 7.20. The number of aryl methyl sites for hydroxylation is 2. The van der Waals surface area contributed by atoms with Gasteiger partial charge in [0.2, 0.25) is 0 Å². The number of thiophene rings is 1. The van der Waals surface area contributed by atoms with E-state index in [9.17, 15) is 4.79 Å². The Labute approximate surface area is 167 Å². The van der Waals surface area contributed by atoms with E-state index in [1.165, 1.54) is 24.2 Å². The maximum atomic E-state index is 13.0. The van der Waals surface area contributed by atoms with E-state index in [0.29, 0.717) is 9.90 Å². The molecule has 1 fully saturated rings. The van der Waals surface area contributed by atoms with Gasteiger partial charge in [-0.1, -0.05) is 17.7 Å². The summed E-state index contributed by atoms with van der Waals surface area (Å²) in [6.07, 6.45) is 2.35. The highest BCUT2D eigenvalue weighted by Crippen LogP contribution is 2.37. The number of hydrogen-bond acceptors (Lipinski definition) is 5. The van der Waals surface area contributed by atoms with Crippen molar-refractivity contribution in [1.82, 2.24) is 9.97 Å². The minimum Gasteiger partial charge on any atom is -0.356 e. The maximum Gasteiger partial charge on any atom is 0.266 e. The molecular weight excluding hydrogens is 380 g/mol. The van der Waals surface area contributed by atoms with Crippen molar-refractivity contribution in [2.75, 3.05) is 23.3 Å². The lowest BCUT2D eigenvalue weighted by Crippen LogP contribution is -2.20. The number of carbonyl (C=O) groups is 1. The van der Waals surface area contributed by atoms with E-state index in [1.807, 2.05) is 39.0 Å². The first-order valence-corrected chi connectivity index (χ1v) is 10.2. The number of carbonyl (C=O) groups excluding carboxylic acids is 1. The standard InChI is InChI=1S/C20H21ClN4OS/c1-11-14(21)7-6-8-15(11)24-19(26)17-12(2)16-18(25-9-4-5-10-25)22-13(3)23-20(16)27-17/h6-8H,4-5,9-10H2,1-3H3,(H,24,26). The van der Waals surface area contributed by atoms with E-state index >= 15 is 0 Å². The fourth-order valence-electron chi connectivity index (χ4n) is 3.52. The number of halogens is 1. The van der Waals surface area contributed by atoms with Crippen LogP contribution >= 0.6 is 22.9 Å². The maximum absolute atomic E-state index is 13.0. The van der Waals surface area contributed by atoms with Crippen LogP contribution in [0.25, 0.3) is 10.2 Å². The van der Waals surface area contributed by atoms with Crippen LogP contribution in [0.4, 0.5) is 11.5 Å². The third-order valence-electron chi connectivity index (χ3n) is 5.01. The molecule has 0 atom stereocenters. The van der Waals surface area contributed by atoms with Crippen LogP contribution in [0.15, 0.2) is 18.2 Å². The van der Waals surface area contributed by atoms with Gasteiger partial charge in [-0.05, 0) is 56.9 Å². The summed E-state index contributed by atoms with van der Waals surface area (Å²) in [5, 5.41) is 4.64. The zero-order chi connectivity index (χ0) is 19.1. The predicted molar refractivity (Wildman–Crippen MR) is 112 cm³/mol. The van der Waals surface area contributed by atoms with E-state index in [0.717, 1.165) is 51.8 Å². The van der Waals surface area contributed by atoms with Crippen LogP contribution in [-0.2, 0) is 0 Å². The Balaban J connectivity index is 1.76. The van der Waals surface area contributed by atoms with Crippen LogP contribution < -0.4 is 10.2 Å². The molecule has 1 amide bonds. The molecule has 0 aliphatic carbocycles. The lowest BCUT2D eigenvalue weighted by molar-refractivity contribution is 0.103. The largest absolute Gasteiger partial charge is 0.356 e. The zero-order valence-electron chi connectivity index (χ0n) is 15.6. The molecule has 0 saturated carbocycles. The summed E-state index contributed by atoms with van der Waals surface area (Å²) in [4.78, 5) is 26.1. The summed E-state index contributed by atoms with van der Waals surface area (Å²) in [7, 11) is 0. The van der Waals surface area contributed by atoms with Crippen LogP contribution in [-0.4, -0.2) is 29.0 Å². The van der Waals surface area contributed by atoms with Gasteiger partial charge in [0.05, 0.1) is 10.3 Å². The van der Waals surface area contributed by atoms with Gasteiger partial charge in [0.15, 0.2) is 0 Å². The Kier molecular flexibility index (Phi) is 4.78. The van der Waals surface area contributed by atoms with Gasteiger partial charge in [0.1, 0.15) is 16.5 Å². The summed E-state index contributed by atoms with van der Waals surface area (Å²) >= 11 is 7.60. The normalized spacial score (nSPS) is 14.1. The van der Waals surface area contributed by atoms with Crippen LogP contribution in [0.5, 0.6) is 0 Å². The van der Waals surface area contributed by atoms with Crippen molar-refractivity contribution in [3.05, 3.63) is 45.1 Å². The number of hydrogen-bond donors (Lipinski definition) is 1. The second-order valence-corrected chi connectivity index (χ2v) is 8.30. The summed E-state index contributed by atoms with van der Waals surface area (Å²) in [6, 6.07) is 5.52. The number of fused-ring (bicyclic) bond motifs is 1. The third-order valence-corrected chi connectivity index (χ3v) is 6.60. The molecule has 5 nitrogen and oxygen atoms in total. The van der Waals surface area contributed by atoms with Crippen molar-refractivity contribution >= 4 is 50.6 Å². The van der Waals surface area contributed by atoms with Crippen LogP contribution in [0.3, 0.4) is 0 Å². The van der Waals surface area contributed by atoms with Crippen molar-refractivity contribution in [2.45, 2.75) is 33.6 Å². The van der Waals surface area contributed by atoms with Crippen LogP contribution in [0, 0.1) is 20.8 Å². The van der Waals surface area contributed by atoms with Crippen molar-refractivity contribution in [2.24, 2.45) is 0 Å². The lowest BCUT2D eigenvalue weighted by Gasteiger charge is -2.18. The van der Waals surface area contributed by atoms with Gasteiger partial charge in [0, 0.05) is 23.8 Å². The minimum absolute atomic E-state index is 0.133.